The minimum atomic E-state index is -0.548. The molecule has 1 aliphatic carbocycles. The van der Waals surface area contributed by atoms with E-state index < -0.39 is 18.0 Å². The highest BCUT2D eigenvalue weighted by molar-refractivity contribution is 5.90. The van der Waals surface area contributed by atoms with Crippen LogP contribution in [0.2, 0.25) is 0 Å². The van der Waals surface area contributed by atoms with E-state index in [1.54, 1.807) is 12.3 Å². The van der Waals surface area contributed by atoms with Gasteiger partial charge in [0.15, 0.2) is 5.76 Å². The van der Waals surface area contributed by atoms with Crippen molar-refractivity contribution < 1.29 is 23.2 Å². The monoisotopic (exact) mass is 359 g/mol. The number of ether oxygens (including phenoxy) is 1. The van der Waals surface area contributed by atoms with Crippen LogP contribution in [0.5, 0.6) is 0 Å². The number of rotatable bonds is 3. The summed E-state index contributed by atoms with van der Waals surface area (Å²) in [5.74, 6) is -0.178. The van der Waals surface area contributed by atoms with E-state index in [-0.39, 0.29) is 19.0 Å². The van der Waals surface area contributed by atoms with Gasteiger partial charge in [0.2, 0.25) is 5.91 Å². The van der Waals surface area contributed by atoms with E-state index >= 15 is 0 Å². The number of amides is 2. The number of nitrogens with one attached hydrogen (secondary N) is 1. The molecule has 1 aliphatic heterocycles. The van der Waals surface area contributed by atoms with Gasteiger partial charge in [-0.1, -0.05) is 5.16 Å². The Hall–Kier alpha value is -2.90. The Labute approximate surface area is 149 Å². The second kappa shape index (κ2) is 6.44. The molecule has 136 valence electrons. The Balaban J connectivity index is 1.63. The van der Waals surface area contributed by atoms with Crippen LogP contribution in [0.1, 0.15) is 24.5 Å². The quantitative estimate of drug-likeness (QED) is 0.910. The first-order valence-corrected chi connectivity index (χ1v) is 8.52. The number of fused-ring (bicyclic) bond motifs is 3. The van der Waals surface area contributed by atoms with Crippen molar-refractivity contribution in [1.29, 1.82) is 0 Å². The molecular weight excluding hydrogens is 341 g/mol. The predicted octanol–water partition coefficient (Wildman–Crippen LogP) is 2.43. The summed E-state index contributed by atoms with van der Waals surface area (Å²) >= 11 is 0. The molecule has 0 saturated carbocycles. The molecule has 2 aliphatic rings. The number of aryl methyl sites for hydroxylation is 2. The largest absolute Gasteiger partial charge is 0.442 e. The molecule has 1 fully saturated rings. The van der Waals surface area contributed by atoms with Crippen molar-refractivity contribution in [1.82, 2.24) is 10.5 Å². The van der Waals surface area contributed by atoms with Crippen molar-refractivity contribution in [2.24, 2.45) is 0 Å². The number of hydrogen-bond acceptors (Lipinski definition) is 5. The zero-order chi connectivity index (χ0) is 18.3. The highest BCUT2D eigenvalue weighted by Crippen LogP contribution is 2.37. The summed E-state index contributed by atoms with van der Waals surface area (Å²) in [6.45, 7) is 1.88. The van der Waals surface area contributed by atoms with E-state index in [9.17, 15) is 14.0 Å². The summed E-state index contributed by atoms with van der Waals surface area (Å²) in [4.78, 5) is 24.6. The van der Waals surface area contributed by atoms with Gasteiger partial charge in [0, 0.05) is 12.5 Å². The topological polar surface area (TPSA) is 84.7 Å². The molecule has 1 atom stereocenters. The van der Waals surface area contributed by atoms with Gasteiger partial charge in [0.05, 0.1) is 30.5 Å². The molecule has 0 radical (unpaired) electrons. The van der Waals surface area contributed by atoms with E-state index in [0.29, 0.717) is 23.4 Å². The minimum Gasteiger partial charge on any atom is -0.442 e. The summed E-state index contributed by atoms with van der Waals surface area (Å²) in [5.41, 5.74) is 2.54. The summed E-state index contributed by atoms with van der Waals surface area (Å²) in [6, 6.07) is 3.12. The fourth-order valence-electron chi connectivity index (χ4n) is 3.46. The van der Waals surface area contributed by atoms with Crippen LogP contribution in [0, 0.1) is 5.82 Å². The third-order valence-corrected chi connectivity index (χ3v) is 4.68. The molecule has 7 nitrogen and oxygen atoms in total. The van der Waals surface area contributed by atoms with Gasteiger partial charge in [-0.3, -0.25) is 9.69 Å². The average Bonchev–Trinajstić information content (AvgIpc) is 3.15. The van der Waals surface area contributed by atoms with Gasteiger partial charge >= 0.3 is 6.09 Å². The molecule has 0 bridgehead atoms. The third kappa shape index (κ3) is 2.91. The molecule has 1 aromatic heterocycles. The molecule has 0 spiro atoms. The summed E-state index contributed by atoms with van der Waals surface area (Å²) in [7, 11) is 0. The number of benzene rings is 1. The Morgan fingerprint density at radius 1 is 1.38 bits per heavy atom. The van der Waals surface area contributed by atoms with Gasteiger partial charge in [-0.05, 0) is 37.0 Å². The van der Waals surface area contributed by atoms with Crippen molar-refractivity contribution in [3.63, 3.8) is 0 Å². The summed E-state index contributed by atoms with van der Waals surface area (Å²) in [6.07, 6.45) is 2.92. The Morgan fingerprint density at radius 2 is 2.19 bits per heavy atom. The van der Waals surface area contributed by atoms with Crippen molar-refractivity contribution in [2.75, 3.05) is 18.0 Å². The molecule has 1 aromatic carbocycles. The number of halogens is 1. The number of nitrogens with zero attached hydrogens (tertiary/aromatic N) is 2. The van der Waals surface area contributed by atoms with E-state index in [2.05, 4.69) is 10.5 Å². The van der Waals surface area contributed by atoms with Crippen LogP contribution < -0.4 is 10.2 Å². The maximum absolute atomic E-state index is 14.9. The SMILES string of the molecule is CC(=O)NCC1CN(c2cc(F)c3c(c2)CCCc2cnoc2-3)C(=O)O1. The molecular formula is C18H18FN3O4. The second-order valence-corrected chi connectivity index (χ2v) is 6.55. The van der Waals surface area contributed by atoms with Crippen molar-refractivity contribution >= 4 is 17.7 Å². The molecule has 1 N–H and O–H groups in total. The van der Waals surface area contributed by atoms with Crippen LogP contribution in [-0.2, 0) is 22.4 Å². The maximum Gasteiger partial charge on any atom is 0.414 e. The standard InChI is InChI=1S/C18H18FN3O4/c1-10(23)20-8-14-9-22(18(24)25-14)13-5-11-3-2-4-12-7-21-26-17(12)16(11)15(19)6-13/h5-7,14H,2-4,8-9H2,1H3,(H,20,23). The Kier molecular flexibility index (Phi) is 4.10. The average molecular weight is 359 g/mol. The lowest BCUT2D eigenvalue weighted by Gasteiger charge is -2.16. The molecule has 2 amide bonds. The first-order chi connectivity index (χ1) is 12.5. The Morgan fingerprint density at radius 3 is 3.00 bits per heavy atom. The van der Waals surface area contributed by atoms with Crippen LogP contribution >= 0.6 is 0 Å². The van der Waals surface area contributed by atoms with Gasteiger partial charge in [-0.2, -0.15) is 0 Å². The van der Waals surface area contributed by atoms with Crippen molar-refractivity contribution in [3.8, 4) is 11.3 Å². The fourth-order valence-corrected chi connectivity index (χ4v) is 3.46. The third-order valence-electron chi connectivity index (χ3n) is 4.68. The van der Waals surface area contributed by atoms with Crippen molar-refractivity contribution in [3.05, 3.63) is 35.3 Å². The summed E-state index contributed by atoms with van der Waals surface area (Å²) in [5, 5.41) is 6.40. The molecule has 4 rings (SSSR count). The maximum atomic E-state index is 14.9. The molecule has 2 aromatic rings. The summed E-state index contributed by atoms with van der Waals surface area (Å²) < 4.78 is 25.4. The lowest BCUT2D eigenvalue weighted by atomic mass is 10.0. The van der Waals surface area contributed by atoms with Gasteiger partial charge < -0.3 is 14.6 Å². The van der Waals surface area contributed by atoms with Crippen LogP contribution in [0.25, 0.3) is 11.3 Å². The fraction of sp³-hybridized carbons (Fsp3) is 0.389. The number of hydrogen-bond donors (Lipinski definition) is 1. The zero-order valence-electron chi connectivity index (χ0n) is 14.3. The molecule has 1 unspecified atom stereocenters. The normalized spacial score (nSPS) is 18.8. The molecule has 2 heterocycles. The molecule has 26 heavy (non-hydrogen) atoms. The lowest BCUT2D eigenvalue weighted by molar-refractivity contribution is -0.119. The highest BCUT2D eigenvalue weighted by Gasteiger charge is 2.34. The Bertz CT molecular complexity index is 879. The van der Waals surface area contributed by atoms with E-state index in [1.807, 2.05) is 0 Å². The van der Waals surface area contributed by atoms with E-state index in [4.69, 9.17) is 9.26 Å². The lowest BCUT2D eigenvalue weighted by Crippen LogP contribution is -2.33. The number of carbonyl (C=O) groups excluding carboxylic acids is 2. The van der Waals surface area contributed by atoms with Gasteiger partial charge in [-0.15, -0.1) is 0 Å². The van der Waals surface area contributed by atoms with Gasteiger partial charge in [-0.25, -0.2) is 9.18 Å². The second-order valence-electron chi connectivity index (χ2n) is 6.55. The van der Waals surface area contributed by atoms with Gasteiger partial charge in [0.25, 0.3) is 0 Å². The molecule has 8 heteroatoms. The van der Waals surface area contributed by atoms with Crippen LogP contribution in [0.4, 0.5) is 14.9 Å². The van der Waals surface area contributed by atoms with Crippen LogP contribution in [-0.4, -0.2) is 36.4 Å². The van der Waals surface area contributed by atoms with Crippen LogP contribution in [0.15, 0.2) is 22.9 Å². The van der Waals surface area contributed by atoms with Crippen molar-refractivity contribution in [2.45, 2.75) is 32.3 Å². The van der Waals surface area contributed by atoms with E-state index in [0.717, 1.165) is 24.0 Å². The smallest absolute Gasteiger partial charge is 0.414 e. The first-order valence-electron chi connectivity index (χ1n) is 8.52. The number of anilines is 1. The highest BCUT2D eigenvalue weighted by atomic mass is 19.1. The first kappa shape index (κ1) is 16.6. The zero-order valence-corrected chi connectivity index (χ0v) is 14.3. The van der Waals surface area contributed by atoms with E-state index in [1.165, 1.54) is 17.9 Å². The number of carbonyl (C=O) groups is 2. The minimum absolute atomic E-state index is 0.196. The number of aromatic nitrogens is 1. The van der Waals surface area contributed by atoms with Gasteiger partial charge in [0.1, 0.15) is 11.9 Å². The predicted molar refractivity (Wildman–Crippen MR) is 90.2 cm³/mol. The number of cyclic esters (lactones) is 1. The molecule has 1 saturated heterocycles. The van der Waals surface area contributed by atoms with Crippen LogP contribution in [0.3, 0.4) is 0 Å².